The molecular formula is C10H24IP. The fourth-order valence-electron chi connectivity index (χ4n) is 1.28. The zero-order chi connectivity index (χ0) is 8.36. The largest absolute Gasteiger partial charge is 0.138 e. The van der Waals surface area contributed by atoms with Gasteiger partial charge in [0.1, 0.15) is 0 Å². The molecule has 0 heterocycles. The molecule has 1 unspecified atom stereocenters. The molecule has 0 aromatic heterocycles. The van der Waals surface area contributed by atoms with Crippen molar-refractivity contribution in [3.8, 4) is 0 Å². The molecule has 0 aliphatic carbocycles. The molecule has 0 N–H and O–H groups in total. The van der Waals surface area contributed by atoms with Crippen molar-refractivity contribution in [1.29, 1.82) is 0 Å². The van der Waals surface area contributed by atoms with E-state index in [1.54, 1.807) is 0 Å². The van der Waals surface area contributed by atoms with E-state index in [-0.39, 0.29) is 24.0 Å². The summed E-state index contributed by atoms with van der Waals surface area (Å²) in [6.07, 6.45) is 12.8. The lowest BCUT2D eigenvalue weighted by molar-refractivity contribution is 0.586. The molecule has 0 saturated heterocycles. The van der Waals surface area contributed by atoms with Crippen molar-refractivity contribution < 1.29 is 0 Å². The zero-order valence-corrected chi connectivity index (χ0v) is 11.8. The van der Waals surface area contributed by atoms with Crippen molar-refractivity contribution in [2.45, 2.75) is 58.3 Å². The molecule has 0 aromatic carbocycles. The van der Waals surface area contributed by atoms with Crippen LogP contribution in [0.1, 0.15) is 58.3 Å². The predicted molar refractivity (Wildman–Crippen MR) is 72.6 cm³/mol. The number of hydrogen-bond acceptors (Lipinski definition) is 0. The quantitative estimate of drug-likeness (QED) is 0.349. The van der Waals surface area contributed by atoms with Gasteiger partial charge in [0.05, 0.1) is 0 Å². The van der Waals surface area contributed by atoms with Crippen LogP contribution < -0.4 is 0 Å². The van der Waals surface area contributed by atoms with E-state index >= 15 is 0 Å². The molecule has 0 saturated carbocycles. The van der Waals surface area contributed by atoms with Crippen LogP contribution in [0.2, 0.25) is 0 Å². The second kappa shape index (κ2) is 14.7. The monoisotopic (exact) mass is 302 g/mol. The molecule has 0 bridgehead atoms. The third kappa shape index (κ3) is 13.7. The van der Waals surface area contributed by atoms with Gasteiger partial charge in [-0.25, -0.2) is 0 Å². The molecule has 0 aliphatic rings. The molecular weight excluding hydrogens is 278 g/mol. The smallest absolute Gasteiger partial charge is 0.0381 e. The molecule has 0 rings (SSSR count). The Morgan fingerprint density at radius 2 is 1.17 bits per heavy atom. The van der Waals surface area contributed by atoms with E-state index in [4.69, 9.17) is 0 Å². The molecule has 0 amide bonds. The average molecular weight is 302 g/mol. The first-order valence-electron chi connectivity index (χ1n) is 5.12. The van der Waals surface area contributed by atoms with E-state index in [1.807, 2.05) is 0 Å². The Balaban J connectivity index is 0. The summed E-state index contributed by atoms with van der Waals surface area (Å²) < 4.78 is 0. The normalized spacial score (nSPS) is 9.50. The minimum Gasteiger partial charge on any atom is -0.138 e. The van der Waals surface area contributed by atoms with Crippen molar-refractivity contribution in [2.75, 3.05) is 6.16 Å². The van der Waals surface area contributed by atoms with Crippen molar-refractivity contribution in [1.82, 2.24) is 0 Å². The Bertz CT molecular complexity index is 58.9. The Kier molecular flexibility index (Phi) is 19.1. The average Bonchev–Trinajstić information content (AvgIpc) is 2.03. The summed E-state index contributed by atoms with van der Waals surface area (Å²) in [4.78, 5) is 0. The lowest BCUT2D eigenvalue weighted by atomic mass is 10.1. The molecule has 76 valence electrons. The van der Waals surface area contributed by atoms with Crippen LogP contribution in [0.25, 0.3) is 0 Å². The summed E-state index contributed by atoms with van der Waals surface area (Å²) in [5.74, 6) is 0. The van der Waals surface area contributed by atoms with Crippen LogP contribution in [0.4, 0.5) is 0 Å². The van der Waals surface area contributed by atoms with Crippen LogP contribution in [-0.4, -0.2) is 6.16 Å². The fraction of sp³-hybridized carbons (Fsp3) is 1.00. The Morgan fingerprint density at radius 1 is 0.750 bits per heavy atom. The number of hydrogen-bond donors (Lipinski definition) is 0. The first-order valence-corrected chi connectivity index (χ1v) is 5.93. The van der Waals surface area contributed by atoms with Gasteiger partial charge in [-0.05, 0) is 12.6 Å². The molecule has 2 heteroatoms. The minimum atomic E-state index is 0. The van der Waals surface area contributed by atoms with Crippen LogP contribution in [-0.2, 0) is 0 Å². The number of unbranched alkanes of at least 4 members (excludes halogenated alkanes) is 7. The number of halogens is 1. The maximum Gasteiger partial charge on any atom is -0.0381 e. The zero-order valence-electron chi connectivity index (χ0n) is 8.35. The van der Waals surface area contributed by atoms with Crippen molar-refractivity contribution in [3.05, 3.63) is 0 Å². The van der Waals surface area contributed by atoms with Gasteiger partial charge in [-0.3, -0.25) is 0 Å². The lowest BCUT2D eigenvalue weighted by Crippen LogP contribution is -1.80. The maximum atomic E-state index is 2.79. The van der Waals surface area contributed by atoms with E-state index in [2.05, 4.69) is 16.2 Å². The third-order valence-corrected chi connectivity index (χ3v) is 2.47. The second-order valence-electron chi connectivity index (χ2n) is 3.26. The van der Waals surface area contributed by atoms with E-state index < -0.39 is 0 Å². The van der Waals surface area contributed by atoms with Gasteiger partial charge in [0.15, 0.2) is 0 Å². The van der Waals surface area contributed by atoms with Gasteiger partial charge in [-0.2, -0.15) is 0 Å². The standard InChI is InChI=1S/C10H23P.HI/c1-2-3-4-5-6-7-8-9-10-11;/h2-11H2,1H3;1H. The predicted octanol–water partition coefficient (Wildman–Crippen LogP) is 4.62. The van der Waals surface area contributed by atoms with Gasteiger partial charge in [0.2, 0.25) is 0 Å². The van der Waals surface area contributed by atoms with Crippen LogP contribution in [0.3, 0.4) is 0 Å². The van der Waals surface area contributed by atoms with Crippen LogP contribution in [0.5, 0.6) is 0 Å². The van der Waals surface area contributed by atoms with E-state index in [9.17, 15) is 0 Å². The Labute approximate surface area is 97.5 Å². The molecule has 0 aliphatic heterocycles. The summed E-state index contributed by atoms with van der Waals surface area (Å²) in [5, 5.41) is 0. The highest BCUT2D eigenvalue weighted by atomic mass is 127. The first kappa shape index (κ1) is 15.6. The third-order valence-electron chi connectivity index (χ3n) is 2.06. The van der Waals surface area contributed by atoms with E-state index in [0.29, 0.717) is 0 Å². The molecule has 12 heavy (non-hydrogen) atoms. The summed E-state index contributed by atoms with van der Waals surface area (Å²) in [7, 11) is 2.79. The van der Waals surface area contributed by atoms with Crippen LogP contribution in [0.15, 0.2) is 0 Å². The first-order chi connectivity index (χ1) is 5.41. The highest BCUT2D eigenvalue weighted by Crippen LogP contribution is 2.08. The molecule has 1 atom stereocenters. The van der Waals surface area contributed by atoms with Crippen molar-refractivity contribution >= 4 is 33.2 Å². The topological polar surface area (TPSA) is 0 Å². The summed E-state index contributed by atoms with van der Waals surface area (Å²) >= 11 is 0. The number of rotatable bonds is 8. The van der Waals surface area contributed by atoms with E-state index in [1.165, 1.54) is 57.5 Å². The minimum absolute atomic E-state index is 0. The second-order valence-corrected chi connectivity index (χ2v) is 3.84. The molecule has 0 spiro atoms. The van der Waals surface area contributed by atoms with Gasteiger partial charge >= 0.3 is 0 Å². The summed E-state index contributed by atoms with van der Waals surface area (Å²) in [6, 6.07) is 0. The highest BCUT2D eigenvalue weighted by Gasteiger charge is 1.89. The van der Waals surface area contributed by atoms with Gasteiger partial charge in [0.25, 0.3) is 0 Å². The van der Waals surface area contributed by atoms with E-state index in [0.717, 1.165) is 0 Å². The molecule has 0 radical (unpaired) electrons. The Hall–Kier alpha value is 1.16. The van der Waals surface area contributed by atoms with Crippen molar-refractivity contribution in [2.24, 2.45) is 0 Å². The molecule has 0 fully saturated rings. The van der Waals surface area contributed by atoms with Crippen molar-refractivity contribution in [3.63, 3.8) is 0 Å². The summed E-state index contributed by atoms with van der Waals surface area (Å²) in [5.41, 5.74) is 0. The Morgan fingerprint density at radius 3 is 1.58 bits per heavy atom. The lowest BCUT2D eigenvalue weighted by Gasteiger charge is -1.98. The van der Waals surface area contributed by atoms with Gasteiger partial charge < -0.3 is 0 Å². The van der Waals surface area contributed by atoms with Crippen LogP contribution in [0, 0.1) is 0 Å². The van der Waals surface area contributed by atoms with Gasteiger partial charge in [-0.1, -0.05) is 51.9 Å². The summed E-state index contributed by atoms with van der Waals surface area (Å²) in [6.45, 7) is 2.27. The van der Waals surface area contributed by atoms with Gasteiger partial charge in [-0.15, -0.1) is 33.2 Å². The molecule has 0 aromatic rings. The highest BCUT2D eigenvalue weighted by molar-refractivity contribution is 14.0. The molecule has 0 nitrogen and oxygen atoms in total. The van der Waals surface area contributed by atoms with Gasteiger partial charge in [0, 0.05) is 0 Å². The van der Waals surface area contributed by atoms with Crippen LogP contribution >= 0.6 is 33.2 Å². The SMILES string of the molecule is CCCCCCCCCCP.I. The maximum absolute atomic E-state index is 2.79. The fourth-order valence-corrected chi connectivity index (χ4v) is 1.57.